The first-order valence-electron chi connectivity index (χ1n) is 11.7. The molecule has 1 aliphatic rings. The molecule has 1 heterocycles. The van der Waals surface area contributed by atoms with Crippen LogP contribution in [-0.2, 0) is 14.9 Å². The van der Waals surface area contributed by atoms with Crippen molar-refractivity contribution in [2.75, 3.05) is 5.32 Å². The number of nitrogens with zero attached hydrogens (tertiary/aromatic N) is 1. The second-order valence-corrected chi connectivity index (χ2v) is 10.2. The van der Waals surface area contributed by atoms with Crippen molar-refractivity contribution in [3.8, 4) is 21.6 Å². The average molecular weight is 556 g/mol. The number of halogens is 1. The molecule has 0 unspecified atom stereocenters. The Balaban J connectivity index is 0.00000200. The van der Waals surface area contributed by atoms with E-state index in [2.05, 4.69) is 16.0 Å². The second-order valence-electron chi connectivity index (χ2n) is 9.01. The predicted molar refractivity (Wildman–Crippen MR) is 146 cm³/mol. The van der Waals surface area contributed by atoms with Crippen LogP contribution in [0, 0.1) is 6.92 Å². The quantitative estimate of drug-likeness (QED) is 0.263. The zero-order valence-corrected chi connectivity index (χ0v) is 24.9. The topological polar surface area (TPSA) is 98.3 Å². The minimum absolute atomic E-state index is 0. The van der Waals surface area contributed by atoms with E-state index in [0.29, 0.717) is 16.4 Å². The summed E-state index contributed by atoms with van der Waals surface area (Å²) >= 11 is 7.99. The first kappa shape index (κ1) is 30.0. The summed E-state index contributed by atoms with van der Waals surface area (Å²) < 4.78 is 10.0. The number of hydrogen-bond acceptors (Lipinski definition) is 6. The predicted octanol–water partition coefficient (Wildman–Crippen LogP) is 4.72. The Kier molecular flexibility index (Phi) is 9.92. The molecule has 9 heteroatoms. The van der Waals surface area contributed by atoms with Crippen molar-refractivity contribution in [2.24, 2.45) is 0 Å². The van der Waals surface area contributed by atoms with Crippen molar-refractivity contribution >= 4 is 41.2 Å². The Bertz CT molecular complexity index is 1420. The maximum absolute atomic E-state index is 12.7. The molecule has 0 radical (unpaired) electrons. The molecule has 0 saturated heterocycles. The molecule has 1 saturated carbocycles. The molecular formula is C29H25ClN2NaO4S-. The number of anilines is 1. The number of hydrogen-bond donors (Lipinski definition) is 1. The first-order valence-corrected chi connectivity index (χ1v) is 12.8. The molecule has 0 aliphatic heterocycles. The third-order valence-electron chi connectivity index (χ3n) is 6.57. The van der Waals surface area contributed by atoms with Crippen LogP contribution < -0.4 is 34.9 Å². The number of ether oxygens (including phenoxy) is 1. The largest absolute Gasteiger partial charge is 1.00 e. The van der Waals surface area contributed by atoms with Crippen LogP contribution in [0.15, 0.2) is 72.8 Å². The summed E-state index contributed by atoms with van der Waals surface area (Å²) in [6, 6.07) is 23.3. The van der Waals surface area contributed by atoms with Gasteiger partial charge >= 0.3 is 35.7 Å². The van der Waals surface area contributed by atoms with Crippen LogP contribution in [0.3, 0.4) is 0 Å². The van der Waals surface area contributed by atoms with Crippen LogP contribution in [0.4, 0.5) is 10.5 Å². The summed E-state index contributed by atoms with van der Waals surface area (Å²) in [6.45, 7) is 3.68. The van der Waals surface area contributed by atoms with Gasteiger partial charge in [-0.1, -0.05) is 96.7 Å². The number of aromatic nitrogens is 1. The Morgan fingerprint density at radius 3 is 2.34 bits per heavy atom. The van der Waals surface area contributed by atoms with Crippen molar-refractivity contribution in [1.82, 2.24) is 4.37 Å². The molecule has 5 rings (SSSR count). The summed E-state index contributed by atoms with van der Waals surface area (Å²) in [4.78, 5) is 24.8. The van der Waals surface area contributed by atoms with Crippen molar-refractivity contribution in [1.29, 1.82) is 0 Å². The van der Waals surface area contributed by atoms with Gasteiger partial charge in [0.05, 0.1) is 16.3 Å². The van der Waals surface area contributed by atoms with Gasteiger partial charge in [-0.05, 0) is 48.1 Å². The van der Waals surface area contributed by atoms with Gasteiger partial charge in [0.1, 0.15) is 6.10 Å². The van der Waals surface area contributed by atoms with Crippen molar-refractivity contribution in [3.05, 3.63) is 94.6 Å². The van der Waals surface area contributed by atoms with Crippen LogP contribution in [0.1, 0.15) is 42.7 Å². The van der Waals surface area contributed by atoms with Gasteiger partial charge in [-0.25, -0.2) is 4.79 Å². The van der Waals surface area contributed by atoms with E-state index in [1.165, 1.54) is 11.5 Å². The number of nitrogens with one attached hydrogen (secondary N) is 1. The van der Waals surface area contributed by atoms with E-state index in [-0.39, 0.29) is 41.1 Å². The molecule has 2 N–H and O–H groups in total. The molecule has 1 atom stereocenters. The smallest absolute Gasteiger partial charge is 0.870 e. The maximum atomic E-state index is 12.7. The van der Waals surface area contributed by atoms with Crippen LogP contribution in [0.2, 0.25) is 5.02 Å². The Morgan fingerprint density at radius 2 is 1.74 bits per heavy atom. The summed E-state index contributed by atoms with van der Waals surface area (Å²) in [5.41, 5.74) is 5.52. The third-order valence-corrected chi connectivity index (χ3v) is 7.87. The number of benzene rings is 3. The van der Waals surface area contributed by atoms with Crippen LogP contribution in [-0.4, -0.2) is 22.2 Å². The van der Waals surface area contributed by atoms with E-state index < -0.39 is 11.5 Å². The molecule has 1 aliphatic carbocycles. The summed E-state index contributed by atoms with van der Waals surface area (Å²) in [7, 11) is 0. The SMILES string of the molecule is Cc1nsc(-c2ccc(-c3ccc(C4([C-]=O)CC4)cc3)c(Cl)c2)c1NC(=O)O[C@H](C)c1ccccc1.[Na+].[OH-]. The molecule has 3 aromatic carbocycles. The number of amides is 1. The Labute approximate surface area is 253 Å². The fourth-order valence-electron chi connectivity index (χ4n) is 4.23. The first-order chi connectivity index (χ1) is 17.4. The normalized spacial score (nSPS) is 13.9. The van der Waals surface area contributed by atoms with E-state index in [1.807, 2.05) is 86.6 Å². The van der Waals surface area contributed by atoms with E-state index in [9.17, 15) is 9.59 Å². The molecule has 0 spiro atoms. The minimum Gasteiger partial charge on any atom is -0.870 e. The number of carbonyl (C=O) groups excluding carboxylic acids is 2. The molecule has 1 fully saturated rings. The molecule has 1 aromatic heterocycles. The van der Waals surface area contributed by atoms with Gasteiger partial charge in [0, 0.05) is 10.6 Å². The monoisotopic (exact) mass is 555 g/mol. The zero-order valence-electron chi connectivity index (χ0n) is 21.3. The Morgan fingerprint density at radius 1 is 1.08 bits per heavy atom. The molecule has 1 amide bonds. The fourth-order valence-corrected chi connectivity index (χ4v) is 5.36. The molecular weight excluding hydrogens is 531 g/mol. The van der Waals surface area contributed by atoms with E-state index in [4.69, 9.17) is 16.3 Å². The van der Waals surface area contributed by atoms with Gasteiger partial charge in [-0.2, -0.15) is 4.37 Å². The van der Waals surface area contributed by atoms with Crippen LogP contribution in [0.5, 0.6) is 0 Å². The standard InChI is InChI=1S/C29H24ClN2O3S.Na.H2O/c1-18-26(31-28(34)35-19(2)20-6-4-3-5-7-20)27(36-32-18)22-10-13-24(25(30)16-22)21-8-11-23(12-9-21)29(17-33)14-15-29;;/h3-13,16,19H,14-15H2,1-2H3,(H,31,34);;1H2/q-1;+1;/p-1/t19-;;/m1../s1. The summed E-state index contributed by atoms with van der Waals surface area (Å²) in [5, 5.41) is 3.45. The van der Waals surface area contributed by atoms with Gasteiger partial charge in [0.2, 0.25) is 0 Å². The second kappa shape index (κ2) is 12.6. The zero-order chi connectivity index (χ0) is 25.3. The number of aryl methyl sites for hydroxylation is 1. The minimum atomic E-state index is -0.542. The van der Waals surface area contributed by atoms with Gasteiger partial charge in [-0.3, -0.25) is 11.6 Å². The van der Waals surface area contributed by atoms with Crippen molar-refractivity contribution in [2.45, 2.75) is 38.2 Å². The molecule has 4 aromatic rings. The summed E-state index contributed by atoms with van der Waals surface area (Å²) in [5.74, 6) is 0. The number of carbonyl (C=O) groups is 1. The van der Waals surface area contributed by atoms with Gasteiger partial charge in [0.15, 0.2) is 0 Å². The molecule has 190 valence electrons. The molecule has 38 heavy (non-hydrogen) atoms. The fraction of sp³-hybridized carbons (Fsp3) is 0.207. The molecule has 0 bridgehead atoms. The van der Waals surface area contributed by atoms with E-state index >= 15 is 0 Å². The van der Waals surface area contributed by atoms with Gasteiger partial charge in [-0.15, -0.1) is 5.41 Å². The molecule has 6 nitrogen and oxygen atoms in total. The third kappa shape index (κ3) is 6.20. The van der Waals surface area contributed by atoms with Crippen molar-refractivity contribution in [3.63, 3.8) is 0 Å². The summed E-state index contributed by atoms with van der Waals surface area (Å²) in [6.07, 6.45) is 2.97. The van der Waals surface area contributed by atoms with E-state index in [1.54, 1.807) is 0 Å². The Hall–Kier alpha value is -2.52. The average Bonchev–Trinajstić information content (AvgIpc) is 3.62. The van der Waals surface area contributed by atoms with Crippen LogP contribution >= 0.6 is 23.1 Å². The van der Waals surface area contributed by atoms with E-state index in [0.717, 1.165) is 45.5 Å². The van der Waals surface area contributed by atoms with Crippen molar-refractivity contribution < 1.29 is 49.4 Å². The van der Waals surface area contributed by atoms with Crippen LogP contribution in [0.25, 0.3) is 21.6 Å². The van der Waals surface area contributed by atoms with Gasteiger partial charge < -0.3 is 15.0 Å². The number of rotatable bonds is 7. The maximum Gasteiger partial charge on any atom is 1.00 e. The van der Waals surface area contributed by atoms with Gasteiger partial charge in [0.25, 0.3) is 0 Å².